The van der Waals surface area contributed by atoms with E-state index in [0.29, 0.717) is 5.76 Å². The fourth-order valence-corrected chi connectivity index (χ4v) is 2.68. The second-order valence-corrected chi connectivity index (χ2v) is 5.47. The van der Waals surface area contributed by atoms with Crippen LogP contribution in [0.15, 0.2) is 32.1 Å². The van der Waals surface area contributed by atoms with Crippen LogP contribution in [-0.4, -0.2) is 11.1 Å². The standard InChI is InChI=1S/C12H8BrN3O2S/c1-7-2-11(16-18-7)15-12(17)8(5-14)3-10-4-9(13)6-19-10/h2-4,6H,1H3,(H,15,16,17). The Morgan fingerprint density at radius 3 is 2.95 bits per heavy atom. The molecule has 7 heteroatoms. The number of amides is 1. The van der Waals surface area contributed by atoms with E-state index >= 15 is 0 Å². The summed E-state index contributed by atoms with van der Waals surface area (Å²) in [7, 11) is 0. The van der Waals surface area contributed by atoms with Crippen LogP contribution in [0, 0.1) is 18.3 Å². The molecule has 0 bridgehead atoms. The van der Waals surface area contributed by atoms with E-state index in [-0.39, 0.29) is 11.4 Å². The van der Waals surface area contributed by atoms with Gasteiger partial charge in [0.1, 0.15) is 17.4 Å². The van der Waals surface area contributed by atoms with Crippen LogP contribution in [-0.2, 0) is 4.79 Å². The minimum atomic E-state index is -0.514. The van der Waals surface area contributed by atoms with Crippen molar-refractivity contribution in [2.45, 2.75) is 6.92 Å². The number of thiophene rings is 1. The highest BCUT2D eigenvalue weighted by atomic mass is 79.9. The van der Waals surface area contributed by atoms with E-state index in [9.17, 15) is 4.79 Å². The normalized spacial score (nSPS) is 11.1. The van der Waals surface area contributed by atoms with Crippen molar-refractivity contribution >= 4 is 45.1 Å². The lowest BCUT2D eigenvalue weighted by molar-refractivity contribution is -0.112. The van der Waals surface area contributed by atoms with Gasteiger partial charge in [-0.3, -0.25) is 4.79 Å². The van der Waals surface area contributed by atoms with Crippen LogP contribution < -0.4 is 5.32 Å². The number of hydrogen-bond acceptors (Lipinski definition) is 5. The molecule has 0 aliphatic carbocycles. The number of carbonyl (C=O) groups excluding carboxylic acids is 1. The van der Waals surface area contributed by atoms with Crippen LogP contribution in [0.3, 0.4) is 0 Å². The van der Waals surface area contributed by atoms with Crippen molar-refractivity contribution in [1.82, 2.24) is 5.16 Å². The number of halogens is 1. The van der Waals surface area contributed by atoms with Gasteiger partial charge in [-0.05, 0) is 35.0 Å². The lowest BCUT2D eigenvalue weighted by atomic mass is 10.2. The Hall–Kier alpha value is -1.91. The molecule has 2 rings (SSSR count). The number of anilines is 1. The third kappa shape index (κ3) is 3.53. The molecule has 1 amide bonds. The molecule has 0 fully saturated rings. The SMILES string of the molecule is Cc1cc(NC(=O)C(C#N)=Cc2cc(Br)cs2)no1. The molecule has 5 nitrogen and oxygen atoms in total. The second kappa shape index (κ2) is 5.82. The van der Waals surface area contributed by atoms with Crippen molar-refractivity contribution in [3.63, 3.8) is 0 Å². The summed E-state index contributed by atoms with van der Waals surface area (Å²) in [5.74, 6) is 0.358. The van der Waals surface area contributed by atoms with E-state index in [1.165, 1.54) is 17.4 Å². The number of aromatic nitrogens is 1. The smallest absolute Gasteiger partial charge is 0.267 e. The van der Waals surface area contributed by atoms with Crippen molar-refractivity contribution in [1.29, 1.82) is 5.26 Å². The highest BCUT2D eigenvalue weighted by molar-refractivity contribution is 9.10. The lowest BCUT2D eigenvalue weighted by Crippen LogP contribution is -2.13. The zero-order chi connectivity index (χ0) is 13.8. The van der Waals surface area contributed by atoms with Gasteiger partial charge in [0.05, 0.1) is 0 Å². The van der Waals surface area contributed by atoms with Crippen molar-refractivity contribution in [2.75, 3.05) is 5.32 Å². The molecule has 96 valence electrons. The number of nitrogens with zero attached hydrogens (tertiary/aromatic N) is 2. The Labute approximate surface area is 121 Å². The maximum atomic E-state index is 11.9. The Bertz CT molecular complexity index is 681. The maximum Gasteiger partial charge on any atom is 0.267 e. The summed E-state index contributed by atoms with van der Waals surface area (Å²) in [4.78, 5) is 12.7. The highest BCUT2D eigenvalue weighted by Gasteiger charge is 2.12. The average Bonchev–Trinajstić information content (AvgIpc) is 2.95. The van der Waals surface area contributed by atoms with Crippen molar-refractivity contribution in [3.8, 4) is 6.07 Å². The van der Waals surface area contributed by atoms with Gasteiger partial charge in [-0.25, -0.2) is 0 Å². The molecule has 19 heavy (non-hydrogen) atoms. The average molecular weight is 338 g/mol. The first-order valence-corrected chi connectivity index (χ1v) is 6.86. The maximum absolute atomic E-state index is 11.9. The first kappa shape index (κ1) is 13.5. The fraction of sp³-hybridized carbons (Fsp3) is 0.0833. The third-order valence-electron chi connectivity index (χ3n) is 2.11. The van der Waals surface area contributed by atoms with Crippen LogP contribution in [0.4, 0.5) is 5.82 Å². The van der Waals surface area contributed by atoms with Crippen molar-refractivity contribution in [2.24, 2.45) is 0 Å². The van der Waals surface area contributed by atoms with Crippen LogP contribution in [0.25, 0.3) is 6.08 Å². The molecule has 0 saturated carbocycles. The monoisotopic (exact) mass is 337 g/mol. The summed E-state index contributed by atoms with van der Waals surface area (Å²) in [5.41, 5.74) is 0.00926. The lowest BCUT2D eigenvalue weighted by Gasteiger charge is -1.98. The number of hydrogen-bond donors (Lipinski definition) is 1. The van der Waals surface area contributed by atoms with Gasteiger partial charge in [0.25, 0.3) is 5.91 Å². The second-order valence-electron chi connectivity index (χ2n) is 3.61. The van der Waals surface area contributed by atoms with Crippen LogP contribution in [0.2, 0.25) is 0 Å². The van der Waals surface area contributed by atoms with E-state index < -0.39 is 5.91 Å². The van der Waals surface area contributed by atoms with Crippen molar-refractivity contribution < 1.29 is 9.32 Å². The quantitative estimate of drug-likeness (QED) is 0.688. The van der Waals surface area contributed by atoms with E-state index in [0.717, 1.165) is 9.35 Å². The summed E-state index contributed by atoms with van der Waals surface area (Å²) in [5, 5.41) is 17.0. The molecule has 0 aromatic carbocycles. The molecule has 0 aliphatic rings. The van der Waals surface area contributed by atoms with E-state index in [2.05, 4.69) is 26.4 Å². The summed E-state index contributed by atoms with van der Waals surface area (Å²) in [6, 6.07) is 5.28. The molecule has 2 aromatic heterocycles. The molecule has 0 saturated heterocycles. The van der Waals surface area contributed by atoms with Crippen LogP contribution >= 0.6 is 27.3 Å². The molecule has 0 unspecified atom stereocenters. The van der Waals surface area contributed by atoms with Crippen LogP contribution in [0.1, 0.15) is 10.6 Å². The Morgan fingerprint density at radius 1 is 1.63 bits per heavy atom. The minimum absolute atomic E-state index is 0.00926. The third-order valence-corrected chi connectivity index (χ3v) is 3.75. The topological polar surface area (TPSA) is 78.9 Å². The fourth-order valence-electron chi connectivity index (χ4n) is 1.30. The van der Waals surface area contributed by atoms with E-state index in [1.807, 2.05) is 17.5 Å². The Kier molecular flexibility index (Phi) is 4.14. The Balaban J connectivity index is 2.16. The largest absolute Gasteiger partial charge is 0.360 e. The van der Waals surface area contributed by atoms with Crippen molar-refractivity contribution in [3.05, 3.63) is 38.2 Å². The summed E-state index contributed by atoms with van der Waals surface area (Å²) < 4.78 is 5.74. The Morgan fingerprint density at radius 2 is 2.42 bits per heavy atom. The molecular weight excluding hydrogens is 330 g/mol. The molecule has 0 radical (unpaired) electrons. The van der Waals surface area contributed by atoms with Gasteiger partial charge in [-0.1, -0.05) is 5.16 Å². The van der Waals surface area contributed by atoms with Gasteiger partial charge in [0.2, 0.25) is 0 Å². The predicted molar refractivity (Wildman–Crippen MR) is 75.5 cm³/mol. The first-order chi connectivity index (χ1) is 9.08. The number of carbonyl (C=O) groups is 1. The van der Waals surface area contributed by atoms with Gasteiger partial charge in [0, 0.05) is 20.8 Å². The molecule has 0 atom stereocenters. The van der Waals surface area contributed by atoms with Gasteiger partial charge in [-0.15, -0.1) is 11.3 Å². The zero-order valence-corrected chi connectivity index (χ0v) is 12.2. The van der Waals surface area contributed by atoms with E-state index in [4.69, 9.17) is 9.78 Å². The van der Waals surface area contributed by atoms with Gasteiger partial charge in [0.15, 0.2) is 5.82 Å². The minimum Gasteiger partial charge on any atom is -0.360 e. The number of rotatable bonds is 3. The summed E-state index contributed by atoms with van der Waals surface area (Å²) in [6.45, 7) is 1.72. The first-order valence-electron chi connectivity index (χ1n) is 5.19. The molecular formula is C12H8BrN3O2S. The highest BCUT2D eigenvalue weighted by Crippen LogP contribution is 2.22. The van der Waals surface area contributed by atoms with Gasteiger partial charge < -0.3 is 9.84 Å². The summed E-state index contributed by atoms with van der Waals surface area (Å²) in [6.07, 6.45) is 1.53. The number of aryl methyl sites for hydroxylation is 1. The summed E-state index contributed by atoms with van der Waals surface area (Å²) >= 11 is 4.75. The zero-order valence-electron chi connectivity index (χ0n) is 9.81. The van der Waals surface area contributed by atoms with Gasteiger partial charge in [-0.2, -0.15) is 5.26 Å². The molecule has 0 spiro atoms. The van der Waals surface area contributed by atoms with E-state index in [1.54, 1.807) is 13.0 Å². The van der Waals surface area contributed by atoms with Crippen LogP contribution in [0.5, 0.6) is 0 Å². The predicted octanol–water partition coefficient (Wildman–Crippen LogP) is 3.35. The molecule has 2 aromatic rings. The molecule has 0 aliphatic heterocycles. The van der Waals surface area contributed by atoms with Gasteiger partial charge >= 0.3 is 0 Å². The number of nitriles is 1. The molecule has 2 heterocycles. The molecule has 1 N–H and O–H groups in total. The number of nitrogens with one attached hydrogen (secondary N) is 1.